The van der Waals surface area contributed by atoms with Crippen molar-refractivity contribution in [1.29, 1.82) is 5.26 Å². The van der Waals surface area contributed by atoms with Gasteiger partial charge in [-0.3, -0.25) is 4.72 Å². The molecular weight excluding hydrogens is 276 g/mol. The summed E-state index contributed by atoms with van der Waals surface area (Å²) in [4.78, 5) is 0.0270. The second-order valence-corrected chi connectivity index (χ2v) is 5.89. The van der Waals surface area contributed by atoms with Crippen LogP contribution in [-0.2, 0) is 10.0 Å². The SMILES string of the molecule is Cc1cccc(O)c1NS(=O)(=O)c1ccc(C#N)cc1. The minimum atomic E-state index is -3.80. The molecule has 5 nitrogen and oxygen atoms in total. The van der Waals surface area contributed by atoms with Crippen molar-refractivity contribution in [3.8, 4) is 11.8 Å². The molecule has 0 heterocycles. The van der Waals surface area contributed by atoms with E-state index in [0.717, 1.165) is 0 Å². The van der Waals surface area contributed by atoms with E-state index in [9.17, 15) is 13.5 Å². The number of anilines is 1. The third kappa shape index (κ3) is 2.73. The highest BCUT2D eigenvalue weighted by Gasteiger charge is 2.17. The number of hydrogen-bond acceptors (Lipinski definition) is 4. The zero-order valence-corrected chi connectivity index (χ0v) is 11.5. The van der Waals surface area contributed by atoms with E-state index in [1.54, 1.807) is 19.1 Å². The maximum atomic E-state index is 12.2. The normalized spacial score (nSPS) is 10.8. The van der Waals surface area contributed by atoms with Gasteiger partial charge < -0.3 is 5.11 Å². The van der Waals surface area contributed by atoms with Gasteiger partial charge in [0.15, 0.2) is 0 Å². The number of para-hydroxylation sites is 1. The Labute approximate surface area is 117 Å². The molecule has 0 aliphatic heterocycles. The van der Waals surface area contributed by atoms with Crippen molar-refractivity contribution in [3.05, 3.63) is 53.6 Å². The molecule has 0 unspecified atom stereocenters. The zero-order chi connectivity index (χ0) is 14.8. The van der Waals surface area contributed by atoms with Crippen LogP contribution in [-0.4, -0.2) is 13.5 Å². The van der Waals surface area contributed by atoms with Crippen molar-refractivity contribution in [2.24, 2.45) is 0 Å². The van der Waals surface area contributed by atoms with E-state index in [-0.39, 0.29) is 16.3 Å². The van der Waals surface area contributed by atoms with E-state index in [0.29, 0.717) is 11.1 Å². The molecule has 6 heteroatoms. The molecule has 2 aromatic carbocycles. The molecule has 20 heavy (non-hydrogen) atoms. The molecule has 0 aliphatic rings. The van der Waals surface area contributed by atoms with Crippen LogP contribution in [0.3, 0.4) is 0 Å². The third-order valence-corrected chi connectivity index (χ3v) is 4.15. The predicted octanol–water partition coefficient (Wildman–Crippen LogP) is 2.37. The number of sulfonamides is 1. The quantitative estimate of drug-likeness (QED) is 0.848. The fraction of sp³-hybridized carbons (Fsp3) is 0.0714. The second kappa shape index (κ2) is 5.23. The zero-order valence-electron chi connectivity index (χ0n) is 10.7. The van der Waals surface area contributed by atoms with Gasteiger partial charge in [0.1, 0.15) is 5.75 Å². The summed E-state index contributed by atoms with van der Waals surface area (Å²) in [7, 11) is -3.80. The van der Waals surface area contributed by atoms with Crippen LogP contribution in [0.25, 0.3) is 0 Å². The minimum Gasteiger partial charge on any atom is -0.506 e. The molecule has 0 aliphatic carbocycles. The number of phenols is 1. The largest absolute Gasteiger partial charge is 0.506 e. The van der Waals surface area contributed by atoms with Gasteiger partial charge in [0.2, 0.25) is 0 Å². The second-order valence-electron chi connectivity index (χ2n) is 4.21. The monoisotopic (exact) mass is 288 g/mol. The first-order chi connectivity index (χ1) is 9.44. The highest BCUT2D eigenvalue weighted by Crippen LogP contribution is 2.28. The van der Waals surface area contributed by atoms with Crippen molar-refractivity contribution in [3.63, 3.8) is 0 Å². The van der Waals surface area contributed by atoms with Gasteiger partial charge >= 0.3 is 0 Å². The minimum absolute atomic E-state index is 0.0270. The average Bonchev–Trinajstić information content (AvgIpc) is 2.43. The van der Waals surface area contributed by atoms with E-state index in [4.69, 9.17) is 5.26 Å². The van der Waals surface area contributed by atoms with Gasteiger partial charge in [-0.1, -0.05) is 12.1 Å². The lowest BCUT2D eigenvalue weighted by Crippen LogP contribution is -2.13. The molecule has 2 N–H and O–H groups in total. The van der Waals surface area contributed by atoms with Crippen molar-refractivity contribution in [1.82, 2.24) is 0 Å². The molecule has 0 bridgehead atoms. The summed E-state index contributed by atoms with van der Waals surface area (Å²) in [5.74, 6) is -0.137. The topological polar surface area (TPSA) is 90.2 Å². The number of aromatic hydroxyl groups is 1. The summed E-state index contributed by atoms with van der Waals surface area (Å²) in [6.07, 6.45) is 0. The molecule has 0 amide bonds. The molecule has 0 saturated heterocycles. The fourth-order valence-corrected chi connectivity index (χ4v) is 2.83. The summed E-state index contributed by atoms with van der Waals surface area (Å²) < 4.78 is 26.7. The molecule has 0 fully saturated rings. The number of aryl methyl sites for hydroxylation is 1. The smallest absolute Gasteiger partial charge is 0.262 e. The number of phenolic OH excluding ortho intramolecular Hbond substituents is 1. The average molecular weight is 288 g/mol. The summed E-state index contributed by atoms with van der Waals surface area (Å²) in [6, 6.07) is 12.2. The maximum absolute atomic E-state index is 12.2. The Hall–Kier alpha value is -2.52. The highest BCUT2D eigenvalue weighted by atomic mass is 32.2. The van der Waals surface area contributed by atoms with Crippen LogP contribution >= 0.6 is 0 Å². The van der Waals surface area contributed by atoms with Crippen LogP contribution in [0.4, 0.5) is 5.69 Å². The summed E-state index contributed by atoms with van der Waals surface area (Å²) in [5.41, 5.74) is 1.14. The Bertz CT molecular complexity index is 755. The van der Waals surface area contributed by atoms with Crippen LogP contribution in [0.5, 0.6) is 5.75 Å². The third-order valence-electron chi connectivity index (χ3n) is 2.78. The molecular formula is C14H12N2O3S. The van der Waals surface area contributed by atoms with Crippen LogP contribution in [0.1, 0.15) is 11.1 Å². The predicted molar refractivity (Wildman–Crippen MR) is 74.8 cm³/mol. The van der Waals surface area contributed by atoms with Crippen LogP contribution in [0.2, 0.25) is 0 Å². The molecule has 0 spiro atoms. The van der Waals surface area contributed by atoms with Gasteiger partial charge in [0.25, 0.3) is 10.0 Å². The molecule has 0 aromatic heterocycles. The number of hydrogen-bond donors (Lipinski definition) is 2. The Kier molecular flexibility index (Phi) is 3.63. The van der Waals surface area contributed by atoms with Crippen LogP contribution in [0, 0.1) is 18.3 Å². The first-order valence-electron chi connectivity index (χ1n) is 5.75. The lowest BCUT2D eigenvalue weighted by molar-refractivity contribution is 0.477. The first-order valence-corrected chi connectivity index (χ1v) is 7.24. The lowest BCUT2D eigenvalue weighted by atomic mass is 10.2. The van der Waals surface area contributed by atoms with Gasteiger partial charge in [0, 0.05) is 0 Å². The molecule has 0 saturated carbocycles. The van der Waals surface area contributed by atoms with Gasteiger partial charge in [0.05, 0.1) is 22.2 Å². The van der Waals surface area contributed by atoms with Crippen molar-refractivity contribution >= 4 is 15.7 Å². The maximum Gasteiger partial charge on any atom is 0.262 e. The van der Waals surface area contributed by atoms with Crippen LogP contribution in [0.15, 0.2) is 47.4 Å². The van der Waals surface area contributed by atoms with Gasteiger partial charge in [-0.25, -0.2) is 8.42 Å². The summed E-state index contributed by atoms with van der Waals surface area (Å²) in [5, 5.41) is 18.4. The van der Waals surface area contributed by atoms with Crippen LogP contribution < -0.4 is 4.72 Å². The van der Waals surface area contributed by atoms with Crippen molar-refractivity contribution in [2.75, 3.05) is 4.72 Å². The Morgan fingerprint density at radius 3 is 2.35 bits per heavy atom. The van der Waals surface area contributed by atoms with E-state index < -0.39 is 10.0 Å². The number of nitrogens with one attached hydrogen (secondary N) is 1. The molecule has 0 radical (unpaired) electrons. The Morgan fingerprint density at radius 2 is 1.80 bits per heavy atom. The van der Waals surface area contributed by atoms with Gasteiger partial charge in [-0.05, 0) is 42.8 Å². The van der Waals surface area contributed by atoms with E-state index >= 15 is 0 Å². The molecule has 2 rings (SSSR count). The number of rotatable bonds is 3. The van der Waals surface area contributed by atoms with Gasteiger partial charge in [-0.2, -0.15) is 5.26 Å². The standard InChI is InChI=1S/C14H12N2O3S/c1-10-3-2-4-13(17)14(10)16-20(18,19)12-7-5-11(9-15)6-8-12/h2-8,16-17H,1H3. The van der Waals surface area contributed by atoms with E-state index in [1.165, 1.54) is 30.3 Å². The van der Waals surface area contributed by atoms with Crippen molar-refractivity contribution in [2.45, 2.75) is 11.8 Å². The Balaban J connectivity index is 2.38. The Morgan fingerprint density at radius 1 is 1.15 bits per heavy atom. The fourth-order valence-electron chi connectivity index (χ4n) is 1.69. The van der Waals surface area contributed by atoms with E-state index in [2.05, 4.69) is 4.72 Å². The first kappa shape index (κ1) is 13.9. The molecule has 102 valence electrons. The van der Waals surface area contributed by atoms with Crippen molar-refractivity contribution < 1.29 is 13.5 Å². The lowest BCUT2D eigenvalue weighted by Gasteiger charge is -2.12. The number of benzene rings is 2. The summed E-state index contributed by atoms with van der Waals surface area (Å²) in [6.45, 7) is 1.69. The number of nitrogens with zero attached hydrogens (tertiary/aromatic N) is 1. The highest BCUT2D eigenvalue weighted by molar-refractivity contribution is 7.92. The molecule has 2 aromatic rings. The van der Waals surface area contributed by atoms with Gasteiger partial charge in [-0.15, -0.1) is 0 Å². The summed E-state index contributed by atoms with van der Waals surface area (Å²) >= 11 is 0. The van der Waals surface area contributed by atoms with E-state index in [1.807, 2.05) is 6.07 Å². The molecule has 0 atom stereocenters. The number of nitriles is 1.